The first-order valence-electron chi connectivity index (χ1n) is 9.40. The summed E-state index contributed by atoms with van der Waals surface area (Å²) >= 11 is 1.33. The molecule has 0 unspecified atom stereocenters. The zero-order valence-corrected chi connectivity index (χ0v) is 17.1. The third-order valence-electron chi connectivity index (χ3n) is 4.61. The van der Waals surface area contributed by atoms with E-state index in [4.69, 9.17) is 0 Å². The standard InChI is InChI=1S/C24H19N3O2S/c1-16-19(22(28)26-18-11-6-3-7-12-18)13-8-14-20(16)27-23(29)21-15-25-24(30-21)17-9-4-2-5-10-17/h2-15H,1H3,(H,26,28)(H,27,29). The van der Waals surface area contributed by atoms with Gasteiger partial charge in [0, 0.05) is 22.5 Å². The van der Waals surface area contributed by atoms with Crippen LogP contribution in [-0.2, 0) is 0 Å². The maximum atomic E-state index is 12.7. The topological polar surface area (TPSA) is 71.1 Å². The number of rotatable bonds is 5. The molecule has 1 heterocycles. The molecule has 4 rings (SSSR count). The van der Waals surface area contributed by atoms with Crippen LogP contribution in [0.5, 0.6) is 0 Å². The van der Waals surface area contributed by atoms with Crippen molar-refractivity contribution in [2.45, 2.75) is 6.92 Å². The van der Waals surface area contributed by atoms with E-state index in [0.717, 1.165) is 16.3 Å². The lowest BCUT2D eigenvalue weighted by Crippen LogP contribution is -2.16. The van der Waals surface area contributed by atoms with Crippen molar-refractivity contribution in [3.05, 3.63) is 101 Å². The van der Waals surface area contributed by atoms with E-state index in [-0.39, 0.29) is 11.8 Å². The SMILES string of the molecule is Cc1c(NC(=O)c2cnc(-c3ccccc3)s2)cccc1C(=O)Nc1ccccc1. The average molecular weight is 414 g/mol. The van der Waals surface area contributed by atoms with Crippen LogP contribution in [0.2, 0.25) is 0 Å². The highest BCUT2D eigenvalue weighted by molar-refractivity contribution is 7.17. The number of para-hydroxylation sites is 1. The Morgan fingerprint density at radius 1 is 0.800 bits per heavy atom. The van der Waals surface area contributed by atoms with Crippen molar-refractivity contribution in [1.29, 1.82) is 0 Å². The Morgan fingerprint density at radius 2 is 1.50 bits per heavy atom. The van der Waals surface area contributed by atoms with Crippen LogP contribution in [0.1, 0.15) is 25.6 Å². The van der Waals surface area contributed by atoms with Crippen LogP contribution in [-0.4, -0.2) is 16.8 Å². The number of aromatic nitrogens is 1. The summed E-state index contributed by atoms with van der Waals surface area (Å²) < 4.78 is 0. The molecule has 3 aromatic carbocycles. The van der Waals surface area contributed by atoms with Gasteiger partial charge < -0.3 is 10.6 Å². The molecule has 2 amide bonds. The van der Waals surface area contributed by atoms with E-state index in [2.05, 4.69) is 15.6 Å². The molecule has 1 aromatic heterocycles. The Hall–Kier alpha value is -3.77. The highest BCUT2D eigenvalue weighted by Crippen LogP contribution is 2.26. The minimum Gasteiger partial charge on any atom is -0.322 e. The molecule has 0 saturated heterocycles. The minimum absolute atomic E-state index is 0.223. The van der Waals surface area contributed by atoms with Crippen LogP contribution in [0.3, 0.4) is 0 Å². The van der Waals surface area contributed by atoms with Crippen LogP contribution in [0, 0.1) is 6.92 Å². The van der Waals surface area contributed by atoms with Crippen molar-refractivity contribution >= 4 is 34.5 Å². The number of carbonyl (C=O) groups is 2. The van der Waals surface area contributed by atoms with Gasteiger partial charge in [-0.2, -0.15) is 0 Å². The van der Waals surface area contributed by atoms with Crippen molar-refractivity contribution in [2.24, 2.45) is 0 Å². The Bertz CT molecular complexity index is 1190. The van der Waals surface area contributed by atoms with Gasteiger partial charge >= 0.3 is 0 Å². The molecule has 30 heavy (non-hydrogen) atoms. The summed E-state index contributed by atoms with van der Waals surface area (Å²) in [6, 6.07) is 24.3. The molecule has 0 aliphatic heterocycles. The number of benzene rings is 3. The van der Waals surface area contributed by atoms with Crippen LogP contribution < -0.4 is 10.6 Å². The van der Waals surface area contributed by atoms with Crippen molar-refractivity contribution in [2.75, 3.05) is 10.6 Å². The van der Waals surface area contributed by atoms with Gasteiger partial charge in [0.25, 0.3) is 11.8 Å². The summed E-state index contributed by atoms with van der Waals surface area (Å²) in [6.45, 7) is 1.82. The fourth-order valence-electron chi connectivity index (χ4n) is 3.01. The molecule has 0 spiro atoms. The van der Waals surface area contributed by atoms with Gasteiger partial charge in [0.05, 0.1) is 6.20 Å². The lowest BCUT2D eigenvalue weighted by atomic mass is 10.1. The summed E-state index contributed by atoms with van der Waals surface area (Å²) in [4.78, 5) is 30.3. The van der Waals surface area contributed by atoms with Gasteiger partial charge in [0.2, 0.25) is 0 Å². The number of hydrogen-bond donors (Lipinski definition) is 2. The zero-order chi connectivity index (χ0) is 20.9. The maximum Gasteiger partial charge on any atom is 0.267 e. The first-order valence-corrected chi connectivity index (χ1v) is 10.2. The second-order valence-electron chi connectivity index (χ2n) is 6.65. The molecule has 0 aliphatic carbocycles. The number of nitrogens with zero attached hydrogens (tertiary/aromatic N) is 1. The first kappa shape index (κ1) is 19.5. The summed E-state index contributed by atoms with van der Waals surface area (Å²) in [5.41, 5.74) is 3.49. The predicted octanol–water partition coefficient (Wildman–Crippen LogP) is 5.62. The Labute approximate surface area is 178 Å². The number of hydrogen-bond acceptors (Lipinski definition) is 4. The smallest absolute Gasteiger partial charge is 0.267 e. The Morgan fingerprint density at radius 3 is 2.23 bits per heavy atom. The van der Waals surface area contributed by atoms with Crippen LogP contribution in [0.25, 0.3) is 10.6 Å². The zero-order valence-electron chi connectivity index (χ0n) is 16.3. The van der Waals surface area contributed by atoms with E-state index in [1.807, 2.05) is 67.6 Å². The molecular formula is C24H19N3O2S. The molecule has 0 radical (unpaired) electrons. The summed E-state index contributed by atoms with van der Waals surface area (Å²) in [7, 11) is 0. The summed E-state index contributed by atoms with van der Waals surface area (Å²) in [5.74, 6) is -0.475. The van der Waals surface area contributed by atoms with Crippen LogP contribution in [0.4, 0.5) is 11.4 Å². The molecule has 6 heteroatoms. The van der Waals surface area contributed by atoms with E-state index in [1.54, 1.807) is 24.4 Å². The van der Waals surface area contributed by atoms with E-state index in [9.17, 15) is 9.59 Å². The van der Waals surface area contributed by atoms with E-state index >= 15 is 0 Å². The van der Waals surface area contributed by atoms with E-state index < -0.39 is 0 Å². The van der Waals surface area contributed by atoms with Gasteiger partial charge in [-0.15, -0.1) is 11.3 Å². The number of carbonyl (C=O) groups excluding carboxylic acids is 2. The molecular weight excluding hydrogens is 394 g/mol. The first-order chi connectivity index (χ1) is 14.6. The fourth-order valence-corrected chi connectivity index (χ4v) is 3.83. The fraction of sp³-hybridized carbons (Fsp3) is 0.0417. The minimum atomic E-state index is -0.251. The van der Waals surface area contributed by atoms with E-state index in [1.165, 1.54) is 11.3 Å². The van der Waals surface area contributed by atoms with Crippen LogP contribution in [0.15, 0.2) is 85.1 Å². The maximum absolute atomic E-state index is 12.7. The Kier molecular flexibility index (Phi) is 5.68. The van der Waals surface area contributed by atoms with Gasteiger partial charge in [0.15, 0.2) is 0 Å². The van der Waals surface area contributed by atoms with Crippen molar-refractivity contribution in [3.63, 3.8) is 0 Å². The monoisotopic (exact) mass is 413 g/mol. The number of nitrogens with one attached hydrogen (secondary N) is 2. The predicted molar refractivity (Wildman–Crippen MR) is 121 cm³/mol. The summed E-state index contributed by atoms with van der Waals surface area (Å²) in [5, 5.41) is 6.56. The number of thiazole rings is 1. The number of anilines is 2. The van der Waals surface area contributed by atoms with Crippen molar-refractivity contribution < 1.29 is 9.59 Å². The molecule has 0 saturated carbocycles. The van der Waals surface area contributed by atoms with Gasteiger partial charge in [0.1, 0.15) is 9.88 Å². The molecule has 2 N–H and O–H groups in total. The van der Waals surface area contributed by atoms with Gasteiger partial charge in [-0.25, -0.2) is 4.98 Å². The van der Waals surface area contributed by atoms with E-state index in [0.29, 0.717) is 21.7 Å². The molecule has 5 nitrogen and oxygen atoms in total. The van der Waals surface area contributed by atoms with Crippen LogP contribution >= 0.6 is 11.3 Å². The molecule has 0 atom stereocenters. The van der Waals surface area contributed by atoms with Crippen molar-refractivity contribution in [1.82, 2.24) is 4.98 Å². The summed E-state index contributed by atoms with van der Waals surface area (Å²) in [6.07, 6.45) is 1.57. The van der Waals surface area contributed by atoms with Crippen molar-refractivity contribution in [3.8, 4) is 10.6 Å². The second-order valence-corrected chi connectivity index (χ2v) is 7.68. The van der Waals surface area contributed by atoms with Gasteiger partial charge in [-0.05, 0) is 36.8 Å². The highest BCUT2D eigenvalue weighted by Gasteiger charge is 2.16. The van der Waals surface area contributed by atoms with Gasteiger partial charge in [-0.1, -0.05) is 54.6 Å². The quantitative estimate of drug-likeness (QED) is 0.446. The highest BCUT2D eigenvalue weighted by atomic mass is 32.1. The number of amides is 2. The average Bonchev–Trinajstić information content (AvgIpc) is 3.27. The van der Waals surface area contributed by atoms with Gasteiger partial charge in [-0.3, -0.25) is 9.59 Å². The third kappa shape index (κ3) is 4.29. The molecule has 0 aliphatic rings. The normalized spacial score (nSPS) is 10.4. The molecule has 4 aromatic rings. The molecule has 0 bridgehead atoms. The lowest BCUT2D eigenvalue weighted by Gasteiger charge is -2.12. The molecule has 0 fully saturated rings. The Balaban J connectivity index is 1.51. The molecule has 148 valence electrons. The third-order valence-corrected chi connectivity index (χ3v) is 5.65. The second kappa shape index (κ2) is 8.71. The lowest BCUT2D eigenvalue weighted by molar-refractivity contribution is 0.101. The largest absolute Gasteiger partial charge is 0.322 e.